The Hall–Kier alpha value is -3.00. The van der Waals surface area contributed by atoms with E-state index in [1.807, 2.05) is 13.0 Å². The first-order chi connectivity index (χ1) is 14.6. The highest BCUT2D eigenvalue weighted by atomic mass is 32.1. The second-order valence-electron chi connectivity index (χ2n) is 7.73. The van der Waals surface area contributed by atoms with E-state index in [0.29, 0.717) is 49.9 Å². The molecule has 0 bridgehead atoms. The van der Waals surface area contributed by atoms with E-state index in [-0.39, 0.29) is 17.6 Å². The lowest BCUT2D eigenvalue weighted by Crippen LogP contribution is -2.49. The van der Waals surface area contributed by atoms with Crippen molar-refractivity contribution in [2.24, 2.45) is 0 Å². The van der Waals surface area contributed by atoms with Gasteiger partial charge in [-0.25, -0.2) is 9.97 Å². The summed E-state index contributed by atoms with van der Waals surface area (Å²) >= 11 is 1.69. The van der Waals surface area contributed by atoms with Crippen molar-refractivity contribution in [2.75, 3.05) is 31.1 Å². The van der Waals surface area contributed by atoms with Gasteiger partial charge in [-0.2, -0.15) is 0 Å². The molecule has 0 aromatic carbocycles. The molecule has 1 aliphatic heterocycles. The summed E-state index contributed by atoms with van der Waals surface area (Å²) < 4.78 is 5.23. The molecule has 1 amide bonds. The lowest BCUT2D eigenvalue weighted by molar-refractivity contribution is 0.0713. The highest BCUT2D eigenvalue weighted by molar-refractivity contribution is 7.10. The lowest BCUT2D eigenvalue weighted by Gasteiger charge is -2.35. The zero-order chi connectivity index (χ0) is 20.7. The summed E-state index contributed by atoms with van der Waals surface area (Å²) in [5.74, 6) is 1.24. The van der Waals surface area contributed by atoms with Crippen molar-refractivity contribution in [3.63, 3.8) is 0 Å². The molecule has 8 heteroatoms. The fourth-order valence-electron chi connectivity index (χ4n) is 4.29. The number of furan rings is 1. The molecule has 0 N–H and O–H groups in total. The number of carbonyl (C=O) groups is 2. The Morgan fingerprint density at radius 1 is 1.13 bits per heavy atom. The van der Waals surface area contributed by atoms with E-state index in [1.165, 1.54) is 11.1 Å². The SMILES string of the molecule is Cc1nc(N2CCN(C(=O)c3ccco3)CC2)nc2c1C(=O)C[C@@H](c1cccs1)C2. The molecule has 2 aliphatic rings. The minimum atomic E-state index is -0.0911. The van der Waals surface area contributed by atoms with Gasteiger partial charge in [0, 0.05) is 43.4 Å². The van der Waals surface area contributed by atoms with Crippen molar-refractivity contribution in [1.82, 2.24) is 14.9 Å². The Morgan fingerprint density at radius 3 is 2.67 bits per heavy atom. The monoisotopic (exact) mass is 422 g/mol. The van der Waals surface area contributed by atoms with Gasteiger partial charge in [0.2, 0.25) is 5.95 Å². The van der Waals surface area contributed by atoms with Gasteiger partial charge in [-0.3, -0.25) is 9.59 Å². The number of thiophene rings is 1. The molecule has 1 aliphatic carbocycles. The van der Waals surface area contributed by atoms with Crippen LogP contribution in [0.5, 0.6) is 0 Å². The molecular weight excluding hydrogens is 400 g/mol. The summed E-state index contributed by atoms with van der Waals surface area (Å²) in [7, 11) is 0. The molecule has 5 rings (SSSR count). The van der Waals surface area contributed by atoms with Gasteiger partial charge in [0.25, 0.3) is 5.91 Å². The number of aromatic nitrogens is 2. The molecule has 0 unspecified atom stereocenters. The van der Waals surface area contributed by atoms with Crippen LogP contribution >= 0.6 is 11.3 Å². The number of carbonyl (C=O) groups excluding carboxylic acids is 2. The topological polar surface area (TPSA) is 79.5 Å². The molecule has 0 saturated carbocycles. The molecule has 4 heterocycles. The second kappa shape index (κ2) is 7.68. The van der Waals surface area contributed by atoms with E-state index in [1.54, 1.807) is 28.4 Å². The Labute approximate surface area is 178 Å². The maximum Gasteiger partial charge on any atom is 0.289 e. The average Bonchev–Trinajstić information content (AvgIpc) is 3.47. The van der Waals surface area contributed by atoms with Crippen molar-refractivity contribution in [3.05, 3.63) is 63.5 Å². The van der Waals surface area contributed by atoms with E-state index in [2.05, 4.69) is 21.3 Å². The van der Waals surface area contributed by atoms with Gasteiger partial charge >= 0.3 is 0 Å². The van der Waals surface area contributed by atoms with Crippen molar-refractivity contribution in [2.45, 2.75) is 25.7 Å². The van der Waals surface area contributed by atoms with Gasteiger partial charge < -0.3 is 14.2 Å². The van der Waals surface area contributed by atoms with Crippen LogP contribution in [0.1, 0.15) is 49.5 Å². The van der Waals surface area contributed by atoms with E-state index < -0.39 is 0 Å². The zero-order valence-electron chi connectivity index (χ0n) is 16.7. The normalized spacial score (nSPS) is 19.1. The summed E-state index contributed by atoms with van der Waals surface area (Å²) in [6, 6.07) is 7.53. The van der Waals surface area contributed by atoms with Gasteiger partial charge in [0.15, 0.2) is 11.5 Å². The minimum absolute atomic E-state index is 0.0911. The predicted molar refractivity (Wildman–Crippen MR) is 113 cm³/mol. The molecule has 1 fully saturated rings. The maximum absolute atomic E-state index is 12.8. The van der Waals surface area contributed by atoms with Crippen LogP contribution in [0.3, 0.4) is 0 Å². The van der Waals surface area contributed by atoms with Crippen molar-refractivity contribution < 1.29 is 14.0 Å². The number of fused-ring (bicyclic) bond motifs is 1. The number of anilines is 1. The van der Waals surface area contributed by atoms with E-state index in [0.717, 1.165) is 17.8 Å². The number of piperazine rings is 1. The summed E-state index contributed by atoms with van der Waals surface area (Å²) in [5.41, 5.74) is 2.29. The third-order valence-electron chi connectivity index (χ3n) is 5.83. The Morgan fingerprint density at radius 2 is 1.97 bits per heavy atom. The number of nitrogens with zero attached hydrogens (tertiary/aromatic N) is 4. The molecule has 1 atom stereocenters. The highest BCUT2D eigenvalue weighted by Gasteiger charge is 2.32. The fourth-order valence-corrected chi connectivity index (χ4v) is 5.12. The number of hydrogen-bond acceptors (Lipinski definition) is 7. The van der Waals surface area contributed by atoms with Crippen LogP contribution in [0.2, 0.25) is 0 Å². The number of amides is 1. The molecular formula is C22H22N4O3S. The molecule has 1 saturated heterocycles. The maximum atomic E-state index is 12.8. The van der Waals surface area contributed by atoms with Gasteiger partial charge in [0.05, 0.1) is 23.2 Å². The molecule has 0 spiro atoms. The van der Waals surface area contributed by atoms with Gasteiger partial charge in [-0.1, -0.05) is 6.07 Å². The van der Waals surface area contributed by atoms with Crippen LogP contribution in [0.4, 0.5) is 5.95 Å². The largest absolute Gasteiger partial charge is 0.459 e. The molecule has 7 nitrogen and oxygen atoms in total. The van der Waals surface area contributed by atoms with E-state index >= 15 is 0 Å². The Bertz CT molecular complexity index is 1070. The predicted octanol–water partition coefficient (Wildman–Crippen LogP) is 3.31. The van der Waals surface area contributed by atoms with Crippen LogP contribution in [0.15, 0.2) is 40.3 Å². The third-order valence-corrected chi connectivity index (χ3v) is 6.87. The standard InChI is InChI=1S/C22H22N4O3S/c1-14-20-16(12-15(13-17(20)27)19-5-3-11-30-19)24-22(23-14)26-8-6-25(7-9-26)21(28)18-4-2-10-29-18/h2-5,10-11,15H,6-9,12-13H2,1H3/t15-/m0/s1. The van der Waals surface area contributed by atoms with Gasteiger partial charge in [-0.05, 0) is 36.9 Å². The van der Waals surface area contributed by atoms with Crippen molar-refractivity contribution in [3.8, 4) is 0 Å². The molecule has 0 radical (unpaired) electrons. The van der Waals surface area contributed by atoms with Crippen LogP contribution in [0.25, 0.3) is 0 Å². The summed E-state index contributed by atoms with van der Waals surface area (Å²) in [4.78, 5) is 39.8. The number of aryl methyl sites for hydroxylation is 1. The Kier molecular flexibility index (Phi) is 4.86. The molecule has 30 heavy (non-hydrogen) atoms. The van der Waals surface area contributed by atoms with Crippen LogP contribution < -0.4 is 4.90 Å². The lowest BCUT2D eigenvalue weighted by atomic mass is 9.84. The number of Topliss-reactive ketones (excluding diaryl/α,β-unsaturated/α-hetero) is 1. The molecule has 154 valence electrons. The van der Waals surface area contributed by atoms with Crippen molar-refractivity contribution in [1.29, 1.82) is 0 Å². The zero-order valence-corrected chi connectivity index (χ0v) is 17.5. The third kappa shape index (κ3) is 3.41. The van der Waals surface area contributed by atoms with E-state index in [4.69, 9.17) is 9.40 Å². The van der Waals surface area contributed by atoms with E-state index in [9.17, 15) is 9.59 Å². The average molecular weight is 423 g/mol. The van der Waals surface area contributed by atoms with Crippen LogP contribution in [0, 0.1) is 6.92 Å². The van der Waals surface area contributed by atoms with Crippen LogP contribution in [-0.2, 0) is 6.42 Å². The highest BCUT2D eigenvalue weighted by Crippen LogP contribution is 2.35. The van der Waals surface area contributed by atoms with Gasteiger partial charge in [-0.15, -0.1) is 11.3 Å². The second-order valence-corrected chi connectivity index (χ2v) is 8.71. The molecule has 3 aromatic rings. The smallest absolute Gasteiger partial charge is 0.289 e. The first-order valence-electron chi connectivity index (χ1n) is 10.1. The van der Waals surface area contributed by atoms with Crippen LogP contribution in [-0.4, -0.2) is 52.7 Å². The summed E-state index contributed by atoms with van der Waals surface area (Å²) in [5, 5.41) is 2.05. The summed E-state index contributed by atoms with van der Waals surface area (Å²) in [6.07, 6.45) is 2.79. The molecule has 3 aromatic heterocycles. The first-order valence-corrected chi connectivity index (χ1v) is 11.0. The fraction of sp³-hybridized carbons (Fsp3) is 0.364. The first kappa shape index (κ1) is 19.0. The minimum Gasteiger partial charge on any atom is -0.459 e. The summed E-state index contributed by atoms with van der Waals surface area (Å²) in [6.45, 7) is 4.34. The quantitative estimate of drug-likeness (QED) is 0.644. The Balaban J connectivity index is 1.34. The number of hydrogen-bond donors (Lipinski definition) is 0. The van der Waals surface area contributed by atoms with Crippen molar-refractivity contribution >= 4 is 29.0 Å². The number of ketones is 1. The number of rotatable bonds is 3. The van der Waals surface area contributed by atoms with Gasteiger partial charge in [0.1, 0.15) is 0 Å².